The molecule has 0 fully saturated rings. The van der Waals surface area contributed by atoms with E-state index in [1.54, 1.807) is 23.5 Å². The molecular formula is C13H10Cl2N4OS. The van der Waals surface area contributed by atoms with E-state index in [9.17, 15) is 0 Å². The first-order chi connectivity index (χ1) is 10.0. The lowest BCUT2D eigenvalue weighted by molar-refractivity contribution is 0.423. The zero-order valence-electron chi connectivity index (χ0n) is 10.9. The number of rotatable bonds is 3. The first kappa shape index (κ1) is 14.3. The number of nitrogen functional groups attached to an aromatic ring is 1. The molecule has 0 amide bonds. The van der Waals surface area contributed by atoms with E-state index in [1.165, 1.54) is 0 Å². The summed E-state index contributed by atoms with van der Waals surface area (Å²) in [5, 5.41) is 7.63. The number of anilines is 1. The van der Waals surface area contributed by atoms with Gasteiger partial charge >= 0.3 is 0 Å². The fraction of sp³-hybridized carbons (Fsp3) is 0.154. The number of halogens is 2. The van der Waals surface area contributed by atoms with E-state index in [0.717, 1.165) is 10.7 Å². The third-order valence-electron chi connectivity index (χ3n) is 2.80. The molecule has 0 saturated heterocycles. The molecule has 8 heteroatoms. The van der Waals surface area contributed by atoms with Gasteiger partial charge in [-0.3, -0.25) is 0 Å². The van der Waals surface area contributed by atoms with Gasteiger partial charge in [-0.25, -0.2) is 4.98 Å². The highest BCUT2D eigenvalue weighted by molar-refractivity contribution is 7.09. The van der Waals surface area contributed by atoms with E-state index in [2.05, 4.69) is 15.1 Å². The molecule has 0 saturated carbocycles. The third kappa shape index (κ3) is 3.02. The van der Waals surface area contributed by atoms with Crippen molar-refractivity contribution in [2.45, 2.75) is 13.3 Å². The summed E-state index contributed by atoms with van der Waals surface area (Å²) < 4.78 is 5.24. The van der Waals surface area contributed by atoms with E-state index < -0.39 is 0 Å². The van der Waals surface area contributed by atoms with Gasteiger partial charge in [0.15, 0.2) is 5.82 Å². The second-order valence-electron chi connectivity index (χ2n) is 4.40. The smallest absolute Gasteiger partial charge is 0.258 e. The van der Waals surface area contributed by atoms with Gasteiger partial charge in [0.25, 0.3) is 5.89 Å². The van der Waals surface area contributed by atoms with Gasteiger partial charge in [-0.2, -0.15) is 4.98 Å². The number of thiazole rings is 1. The van der Waals surface area contributed by atoms with Crippen molar-refractivity contribution in [2.75, 3.05) is 5.73 Å². The average molecular weight is 341 g/mol. The molecule has 3 rings (SSSR count). The van der Waals surface area contributed by atoms with Crippen LogP contribution in [-0.4, -0.2) is 15.1 Å². The van der Waals surface area contributed by atoms with Gasteiger partial charge in [-0.1, -0.05) is 28.4 Å². The Balaban J connectivity index is 1.88. The first-order valence-electron chi connectivity index (χ1n) is 6.01. The highest BCUT2D eigenvalue weighted by atomic mass is 35.5. The van der Waals surface area contributed by atoms with Crippen LogP contribution in [0.5, 0.6) is 0 Å². The average Bonchev–Trinajstić information content (AvgIpc) is 3.05. The van der Waals surface area contributed by atoms with E-state index >= 15 is 0 Å². The van der Waals surface area contributed by atoms with E-state index in [4.69, 9.17) is 33.5 Å². The normalized spacial score (nSPS) is 11.0. The van der Waals surface area contributed by atoms with Crippen LogP contribution < -0.4 is 5.73 Å². The number of benzene rings is 1. The minimum atomic E-state index is 0.333. The maximum absolute atomic E-state index is 6.00. The predicted octanol–water partition coefficient (Wildman–Crippen LogP) is 3.98. The van der Waals surface area contributed by atoms with E-state index in [1.807, 2.05) is 12.3 Å². The Kier molecular flexibility index (Phi) is 3.84. The monoisotopic (exact) mass is 340 g/mol. The second kappa shape index (κ2) is 5.63. The largest absolute Gasteiger partial charge is 0.396 e. The van der Waals surface area contributed by atoms with E-state index in [-0.39, 0.29) is 0 Å². The van der Waals surface area contributed by atoms with Crippen LogP contribution >= 0.6 is 34.5 Å². The van der Waals surface area contributed by atoms with Crippen LogP contribution in [0.3, 0.4) is 0 Å². The van der Waals surface area contributed by atoms with Gasteiger partial charge in [0.2, 0.25) is 0 Å². The van der Waals surface area contributed by atoms with Gasteiger partial charge in [0.05, 0.1) is 32.9 Å². The zero-order valence-corrected chi connectivity index (χ0v) is 13.3. The predicted molar refractivity (Wildman–Crippen MR) is 83.8 cm³/mol. The summed E-state index contributed by atoms with van der Waals surface area (Å²) in [6, 6.07) is 3.29. The molecule has 1 aromatic carbocycles. The summed E-state index contributed by atoms with van der Waals surface area (Å²) in [6.45, 7) is 1.95. The first-order valence-corrected chi connectivity index (χ1v) is 7.65. The molecule has 0 unspecified atom stereocenters. The molecule has 0 radical (unpaired) electrons. The lowest BCUT2D eigenvalue weighted by Gasteiger charge is -2.02. The molecule has 0 atom stereocenters. The quantitative estimate of drug-likeness (QED) is 0.729. The molecule has 0 aliphatic heterocycles. The maximum Gasteiger partial charge on any atom is 0.258 e. The minimum absolute atomic E-state index is 0.333. The number of hydrogen-bond donors (Lipinski definition) is 1. The SMILES string of the molecule is Cc1nc(Cc2noc(-c3cc(Cl)c(N)c(Cl)c3)n2)cs1. The summed E-state index contributed by atoms with van der Waals surface area (Å²) in [5.74, 6) is 0.903. The van der Waals surface area contributed by atoms with Crippen molar-refractivity contribution in [3.8, 4) is 11.5 Å². The highest BCUT2D eigenvalue weighted by Gasteiger charge is 2.13. The second-order valence-corrected chi connectivity index (χ2v) is 6.28. The van der Waals surface area contributed by atoms with Crippen molar-refractivity contribution in [1.82, 2.24) is 15.1 Å². The molecule has 2 aromatic heterocycles. The molecule has 2 heterocycles. The highest BCUT2D eigenvalue weighted by Crippen LogP contribution is 2.32. The fourth-order valence-electron chi connectivity index (χ4n) is 1.80. The van der Waals surface area contributed by atoms with Crippen LogP contribution in [0.4, 0.5) is 5.69 Å². The van der Waals surface area contributed by atoms with Crippen molar-refractivity contribution in [3.63, 3.8) is 0 Å². The lowest BCUT2D eigenvalue weighted by atomic mass is 10.2. The molecule has 21 heavy (non-hydrogen) atoms. The van der Waals surface area contributed by atoms with Crippen LogP contribution in [0.2, 0.25) is 10.0 Å². The summed E-state index contributed by atoms with van der Waals surface area (Å²) in [7, 11) is 0. The number of aromatic nitrogens is 3. The fourth-order valence-corrected chi connectivity index (χ4v) is 2.90. The Labute approximate surface area is 134 Å². The minimum Gasteiger partial charge on any atom is -0.396 e. The summed E-state index contributed by atoms with van der Waals surface area (Å²) in [4.78, 5) is 8.69. The molecule has 108 valence electrons. The van der Waals surface area contributed by atoms with Crippen LogP contribution in [0, 0.1) is 6.92 Å². The molecule has 5 nitrogen and oxygen atoms in total. The van der Waals surface area contributed by atoms with Crippen molar-refractivity contribution >= 4 is 40.2 Å². The van der Waals surface area contributed by atoms with Gasteiger partial charge in [0, 0.05) is 10.9 Å². The Hall–Kier alpha value is -1.63. The van der Waals surface area contributed by atoms with Gasteiger partial charge in [0.1, 0.15) is 0 Å². The Morgan fingerprint density at radius 3 is 2.57 bits per heavy atom. The number of aryl methyl sites for hydroxylation is 1. The Bertz CT molecular complexity index is 776. The van der Waals surface area contributed by atoms with Crippen molar-refractivity contribution in [2.24, 2.45) is 0 Å². The molecule has 3 aromatic rings. The van der Waals surface area contributed by atoms with Crippen LogP contribution in [0.25, 0.3) is 11.5 Å². The molecule has 0 bridgehead atoms. The van der Waals surface area contributed by atoms with Gasteiger partial charge < -0.3 is 10.3 Å². The maximum atomic E-state index is 6.00. The Morgan fingerprint density at radius 2 is 1.95 bits per heavy atom. The summed E-state index contributed by atoms with van der Waals surface area (Å²) in [6.07, 6.45) is 0.518. The van der Waals surface area contributed by atoms with Crippen molar-refractivity contribution < 1.29 is 4.52 Å². The number of nitrogens with zero attached hydrogens (tertiary/aromatic N) is 3. The number of nitrogens with two attached hydrogens (primary N) is 1. The molecule has 0 aliphatic rings. The van der Waals surface area contributed by atoms with Gasteiger partial charge in [-0.05, 0) is 19.1 Å². The van der Waals surface area contributed by atoms with Crippen LogP contribution in [-0.2, 0) is 6.42 Å². The zero-order chi connectivity index (χ0) is 15.0. The van der Waals surface area contributed by atoms with Crippen LogP contribution in [0.1, 0.15) is 16.5 Å². The van der Waals surface area contributed by atoms with Gasteiger partial charge in [-0.15, -0.1) is 11.3 Å². The summed E-state index contributed by atoms with van der Waals surface area (Å²) in [5.41, 5.74) is 7.58. The lowest BCUT2D eigenvalue weighted by Crippen LogP contribution is -1.92. The summed E-state index contributed by atoms with van der Waals surface area (Å²) >= 11 is 13.6. The van der Waals surface area contributed by atoms with Crippen molar-refractivity contribution in [1.29, 1.82) is 0 Å². The van der Waals surface area contributed by atoms with Crippen LogP contribution in [0.15, 0.2) is 22.0 Å². The molecule has 0 spiro atoms. The molecule has 2 N–H and O–H groups in total. The third-order valence-corrected chi connectivity index (χ3v) is 4.25. The Morgan fingerprint density at radius 1 is 1.24 bits per heavy atom. The number of hydrogen-bond acceptors (Lipinski definition) is 6. The molecular weight excluding hydrogens is 331 g/mol. The van der Waals surface area contributed by atoms with E-state index in [0.29, 0.717) is 39.4 Å². The molecule has 0 aliphatic carbocycles. The standard InChI is InChI=1S/C13H10Cl2N4OS/c1-6-17-8(5-21-6)4-11-18-13(20-19-11)7-2-9(14)12(16)10(15)3-7/h2-3,5H,4,16H2,1H3. The van der Waals surface area contributed by atoms with Crippen molar-refractivity contribution in [3.05, 3.63) is 44.1 Å². The topological polar surface area (TPSA) is 77.8 Å².